The quantitative estimate of drug-likeness (QED) is 0.278. The molecule has 0 bridgehead atoms. The summed E-state index contributed by atoms with van der Waals surface area (Å²) in [7, 11) is 1.82. The van der Waals surface area contributed by atoms with Gasteiger partial charge in [-0.2, -0.15) is 0 Å². The number of hydrogen-bond donors (Lipinski definition) is 1. The van der Waals surface area contributed by atoms with Crippen LogP contribution in [-0.2, 0) is 24.3 Å². The van der Waals surface area contributed by atoms with Gasteiger partial charge in [0.25, 0.3) is 0 Å². The number of nitrogens with two attached hydrogens (primary N) is 1. The highest BCUT2D eigenvalue weighted by Gasteiger charge is 2.20. The normalized spacial score (nSPS) is 12.4. The van der Waals surface area contributed by atoms with Gasteiger partial charge in [0.2, 0.25) is 0 Å². The van der Waals surface area contributed by atoms with E-state index in [1.54, 1.807) is 19.2 Å². The molecule has 0 saturated carbocycles. The first-order valence-corrected chi connectivity index (χ1v) is 11.5. The first-order valence-electron chi connectivity index (χ1n) is 10.0. The Morgan fingerprint density at radius 1 is 0.967 bits per heavy atom. The Kier molecular flexibility index (Phi) is 13.6. The Labute approximate surface area is 182 Å². The van der Waals surface area contributed by atoms with Crippen molar-refractivity contribution >= 4 is 10.1 Å². The average molecular weight is 449 g/mol. The van der Waals surface area contributed by atoms with Crippen molar-refractivity contribution in [2.75, 3.05) is 67.3 Å². The van der Waals surface area contributed by atoms with Gasteiger partial charge in [0.15, 0.2) is 0 Å². The molecule has 0 spiro atoms. The van der Waals surface area contributed by atoms with Gasteiger partial charge < -0.3 is 29.0 Å². The van der Waals surface area contributed by atoms with E-state index in [1.165, 1.54) is 12.1 Å². The van der Waals surface area contributed by atoms with Gasteiger partial charge in [0, 0.05) is 19.1 Å². The molecule has 0 aliphatic carbocycles. The predicted molar refractivity (Wildman–Crippen MR) is 117 cm³/mol. The van der Waals surface area contributed by atoms with Crippen molar-refractivity contribution in [3.8, 4) is 0 Å². The highest BCUT2D eigenvalue weighted by atomic mass is 32.2. The molecule has 8 nitrogen and oxygen atoms in total. The SMILES string of the molecule is COCCOCCOCC[N+](C)(C)CCC(C)(C)N.Cc1ccc(S(=O)(=O)[O-])cc1. The van der Waals surface area contributed by atoms with E-state index in [2.05, 4.69) is 27.9 Å². The highest BCUT2D eigenvalue weighted by molar-refractivity contribution is 7.85. The van der Waals surface area contributed by atoms with Gasteiger partial charge in [0.05, 0.1) is 58.6 Å². The van der Waals surface area contributed by atoms with Crippen molar-refractivity contribution < 1.29 is 31.7 Å². The third-order valence-electron chi connectivity index (χ3n) is 4.32. The summed E-state index contributed by atoms with van der Waals surface area (Å²) in [6.07, 6.45) is 1.01. The minimum Gasteiger partial charge on any atom is -0.744 e. The lowest BCUT2D eigenvalue weighted by Crippen LogP contribution is -2.47. The lowest BCUT2D eigenvalue weighted by atomic mass is 10.0. The van der Waals surface area contributed by atoms with Gasteiger partial charge in [-0.1, -0.05) is 17.7 Å². The fraction of sp³-hybridized carbons (Fsp3) is 0.714. The zero-order chi connectivity index (χ0) is 23.3. The smallest absolute Gasteiger partial charge is 0.124 e. The summed E-state index contributed by atoms with van der Waals surface area (Å²) in [4.78, 5) is -0.178. The molecule has 0 aliphatic rings. The van der Waals surface area contributed by atoms with Gasteiger partial charge in [-0.25, -0.2) is 8.42 Å². The van der Waals surface area contributed by atoms with Crippen LogP contribution in [-0.4, -0.2) is 90.3 Å². The van der Waals surface area contributed by atoms with E-state index in [1.807, 2.05) is 6.92 Å². The van der Waals surface area contributed by atoms with E-state index in [4.69, 9.17) is 19.9 Å². The minimum atomic E-state index is -4.27. The lowest BCUT2D eigenvalue weighted by molar-refractivity contribution is -0.891. The first kappa shape index (κ1) is 28.9. The Morgan fingerprint density at radius 3 is 1.93 bits per heavy atom. The number of ether oxygens (including phenoxy) is 3. The standard InChI is InChI=1S/C14H33N2O3.C7H8O3S/c1-14(2,15)6-7-16(3,4)8-9-18-12-13-19-11-10-17-5;1-6-2-4-7(5-3-6)11(8,9)10/h6-13,15H2,1-5H3;2-5H,1H3,(H,8,9,10)/q+1;/p-1. The van der Waals surface area contributed by atoms with Crippen molar-refractivity contribution in [1.29, 1.82) is 0 Å². The fourth-order valence-electron chi connectivity index (χ4n) is 2.18. The van der Waals surface area contributed by atoms with Crippen LogP contribution in [0.3, 0.4) is 0 Å². The number of benzene rings is 1. The molecule has 0 amide bonds. The maximum atomic E-state index is 10.4. The van der Waals surface area contributed by atoms with Crippen LogP contribution in [0.2, 0.25) is 0 Å². The van der Waals surface area contributed by atoms with Crippen LogP contribution in [0.25, 0.3) is 0 Å². The van der Waals surface area contributed by atoms with E-state index in [-0.39, 0.29) is 10.4 Å². The molecule has 0 saturated heterocycles. The number of aryl methyl sites for hydroxylation is 1. The zero-order valence-corrected chi connectivity index (χ0v) is 20.2. The maximum Gasteiger partial charge on any atom is 0.124 e. The second-order valence-corrected chi connectivity index (χ2v) is 9.99. The average Bonchev–Trinajstić information content (AvgIpc) is 2.62. The summed E-state index contributed by atoms with van der Waals surface area (Å²) < 4.78 is 47.9. The van der Waals surface area contributed by atoms with Crippen molar-refractivity contribution in [2.24, 2.45) is 5.73 Å². The summed E-state index contributed by atoms with van der Waals surface area (Å²) in [6, 6.07) is 5.78. The molecule has 30 heavy (non-hydrogen) atoms. The molecule has 0 atom stereocenters. The molecule has 1 rings (SSSR count). The third-order valence-corrected chi connectivity index (χ3v) is 5.17. The van der Waals surface area contributed by atoms with Gasteiger partial charge in [-0.3, -0.25) is 0 Å². The largest absolute Gasteiger partial charge is 0.744 e. The van der Waals surface area contributed by atoms with Crippen LogP contribution in [0.15, 0.2) is 29.2 Å². The molecular weight excluding hydrogens is 408 g/mol. The molecule has 2 N–H and O–H groups in total. The van der Waals surface area contributed by atoms with E-state index in [9.17, 15) is 13.0 Å². The molecule has 9 heteroatoms. The molecule has 0 fully saturated rings. The molecule has 1 aromatic rings. The van der Waals surface area contributed by atoms with E-state index >= 15 is 0 Å². The first-order chi connectivity index (χ1) is 13.8. The monoisotopic (exact) mass is 448 g/mol. The Hall–Kier alpha value is -1.07. The van der Waals surface area contributed by atoms with Crippen LogP contribution in [0.5, 0.6) is 0 Å². The van der Waals surface area contributed by atoms with Gasteiger partial charge in [0.1, 0.15) is 16.7 Å². The molecule has 0 unspecified atom stereocenters. The number of rotatable bonds is 13. The molecular formula is C21H40N2O6S. The van der Waals surface area contributed by atoms with E-state index in [0.29, 0.717) is 26.4 Å². The molecule has 0 radical (unpaired) electrons. The Morgan fingerprint density at radius 2 is 1.47 bits per heavy atom. The molecule has 0 aromatic heterocycles. The summed E-state index contributed by atoms with van der Waals surface area (Å²) in [5, 5.41) is 0. The molecule has 0 heterocycles. The second-order valence-electron chi connectivity index (χ2n) is 8.61. The summed E-state index contributed by atoms with van der Waals surface area (Å²) >= 11 is 0. The predicted octanol–water partition coefficient (Wildman–Crippen LogP) is 1.77. The topological polar surface area (TPSA) is 111 Å². The second kappa shape index (κ2) is 14.1. The van der Waals surface area contributed by atoms with E-state index in [0.717, 1.165) is 36.2 Å². The van der Waals surface area contributed by atoms with Crippen LogP contribution < -0.4 is 5.73 Å². The van der Waals surface area contributed by atoms with Crippen molar-refractivity contribution in [2.45, 2.75) is 37.6 Å². The van der Waals surface area contributed by atoms with Crippen LogP contribution in [0.1, 0.15) is 25.8 Å². The molecule has 176 valence electrons. The van der Waals surface area contributed by atoms with Crippen LogP contribution >= 0.6 is 0 Å². The van der Waals surface area contributed by atoms with Crippen molar-refractivity contribution in [1.82, 2.24) is 0 Å². The minimum absolute atomic E-state index is 0.0917. The maximum absolute atomic E-state index is 10.4. The summed E-state index contributed by atoms with van der Waals surface area (Å²) in [6.45, 7) is 11.3. The van der Waals surface area contributed by atoms with Gasteiger partial charge in [-0.15, -0.1) is 0 Å². The Balaban J connectivity index is 0.000000642. The van der Waals surface area contributed by atoms with Gasteiger partial charge >= 0.3 is 0 Å². The van der Waals surface area contributed by atoms with Crippen LogP contribution in [0.4, 0.5) is 0 Å². The number of hydrogen-bond acceptors (Lipinski definition) is 7. The van der Waals surface area contributed by atoms with Crippen molar-refractivity contribution in [3.63, 3.8) is 0 Å². The molecule has 0 aliphatic heterocycles. The van der Waals surface area contributed by atoms with Crippen LogP contribution in [0, 0.1) is 6.92 Å². The number of quaternary nitrogens is 1. The highest BCUT2D eigenvalue weighted by Crippen LogP contribution is 2.09. The molecule has 1 aromatic carbocycles. The fourth-order valence-corrected chi connectivity index (χ4v) is 2.65. The Bertz CT molecular complexity index is 670. The van der Waals surface area contributed by atoms with Gasteiger partial charge in [-0.05, 0) is 32.9 Å². The summed E-state index contributed by atoms with van der Waals surface area (Å²) in [5.74, 6) is 0. The number of nitrogens with zero attached hydrogens (tertiary/aromatic N) is 1. The lowest BCUT2D eigenvalue weighted by Gasteiger charge is -2.32. The summed E-state index contributed by atoms with van der Waals surface area (Å²) in [5.41, 5.74) is 6.85. The van der Waals surface area contributed by atoms with E-state index < -0.39 is 10.1 Å². The third kappa shape index (κ3) is 16.7. The zero-order valence-electron chi connectivity index (χ0n) is 19.3. The van der Waals surface area contributed by atoms with Crippen molar-refractivity contribution in [3.05, 3.63) is 29.8 Å². The number of methoxy groups -OCH3 is 1. The number of likely N-dealkylation sites (N-methyl/N-ethyl adjacent to an activating group) is 1.